The zero-order chi connectivity index (χ0) is 11.7. The van der Waals surface area contributed by atoms with Crippen molar-refractivity contribution in [3.05, 3.63) is 27.9 Å². The smallest absolute Gasteiger partial charge is 0.337 e. The molecule has 0 aliphatic rings. The molecular formula is C8H5Cl2I3O4. The van der Waals surface area contributed by atoms with Crippen LogP contribution in [0.1, 0.15) is 20.7 Å². The molecule has 1 rings (SSSR count). The molecule has 96 valence electrons. The fourth-order valence-electron chi connectivity index (χ4n) is 0.973. The number of carboxylic acids is 2. The van der Waals surface area contributed by atoms with Crippen LogP contribution in [0.25, 0.3) is 0 Å². The number of benzene rings is 1. The number of aromatic carboxylic acids is 2. The fraction of sp³-hybridized carbons (Fsp3) is 0. The molecule has 0 radical (unpaired) electrons. The molecule has 0 unspecified atom stereocenters. The summed E-state index contributed by atoms with van der Waals surface area (Å²) in [6.45, 7) is 0. The summed E-state index contributed by atoms with van der Waals surface area (Å²) in [4.78, 5) is 21.8. The third kappa shape index (κ3) is 4.51. The molecule has 0 amide bonds. The quantitative estimate of drug-likeness (QED) is 0.393. The first-order chi connectivity index (χ1) is 6.86. The van der Waals surface area contributed by atoms with Gasteiger partial charge in [0.2, 0.25) is 0 Å². The van der Waals surface area contributed by atoms with Crippen LogP contribution in [0.15, 0.2) is 6.07 Å². The van der Waals surface area contributed by atoms with Gasteiger partial charge < -0.3 is 10.2 Å². The molecule has 0 saturated heterocycles. The van der Waals surface area contributed by atoms with Gasteiger partial charge in [0.15, 0.2) is 0 Å². The molecule has 0 heterocycles. The molecule has 0 spiro atoms. The standard InChI is InChI=1S/C8H3I3O4.2ClH/c9-3-1-2(7(12)13)4(8(14)15)6(11)5(3)10;;/h1H,(H,12,13)(H,14,15);2*1H. The first kappa shape index (κ1) is 20.3. The van der Waals surface area contributed by atoms with Gasteiger partial charge in [0.25, 0.3) is 0 Å². The van der Waals surface area contributed by atoms with Crippen LogP contribution in [-0.4, -0.2) is 22.2 Å². The first-order valence-electron chi connectivity index (χ1n) is 3.50. The number of halogens is 5. The van der Waals surface area contributed by atoms with Crippen molar-refractivity contribution in [1.29, 1.82) is 0 Å². The zero-order valence-electron chi connectivity index (χ0n) is 7.74. The van der Waals surface area contributed by atoms with Crippen molar-refractivity contribution >= 4 is 105 Å². The highest BCUT2D eigenvalue weighted by Gasteiger charge is 2.22. The summed E-state index contributed by atoms with van der Waals surface area (Å²) in [6.07, 6.45) is 0. The van der Waals surface area contributed by atoms with E-state index in [0.717, 1.165) is 7.14 Å². The summed E-state index contributed by atoms with van der Waals surface area (Å²) in [5.41, 5.74) is -0.315. The second-order valence-electron chi connectivity index (χ2n) is 2.52. The van der Waals surface area contributed by atoms with Crippen molar-refractivity contribution in [3.8, 4) is 0 Å². The van der Waals surface area contributed by atoms with E-state index in [-0.39, 0.29) is 35.9 Å². The Morgan fingerprint density at radius 1 is 0.941 bits per heavy atom. The third-order valence-electron chi connectivity index (χ3n) is 1.61. The summed E-state index contributed by atoms with van der Waals surface area (Å²) < 4.78 is 1.96. The largest absolute Gasteiger partial charge is 0.478 e. The van der Waals surface area contributed by atoms with E-state index >= 15 is 0 Å². The molecular weight excluding hydrogens is 612 g/mol. The number of hydrogen-bond donors (Lipinski definition) is 2. The van der Waals surface area contributed by atoms with Crippen molar-refractivity contribution in [2.24, 2.45) is 0 Å². The highest BCUT2D eigenvalue weighted by atomic mass is 127. The van der Waals surface area contributed by atoms with Gasteiger partial charge in [-0.1, -0.05) is 0 Å². The Morgan fingerprint density at radius 3 is 1.76 bits per heavy atom. The molecule has 2 N–H and O–H groups in total. The van der Waals surface area contributed by atoms with Gasteiger partial charge >= 0.3 is 11.9 Å². The molecule has 0 fully saturated rings. The average molecular weight is 617 g/mol. The summed E-state index contributed by atoms with van der Waals surface area (Å²) in [7, 11) is 0. The maximum absolute atomic E-state index is 10.9. The minimum absolute atomic E-state index is 0. The number of carboxylic acid groups (broad SMARTS) is 2. The Balaban J connectivity index is 0. The molecule has 0 saturated carbocycles. The van der Waals surface area contributed by atoms with Crippen LogP contribution in [0.5, 0.6) is 0 Å². The molecule has 0 aliphatic carbocycles. The maximum atomic E-state index is 10.9. The molecule has 0 aromatic heterocycles. The van der Waals surface area contributed by atoms with Gasteiger partial charge in [0.1, 0.15) is 0 Å². The molecule has 9 heteroatoms. The van der Waals surface area contributed by atoms with E-state index in [1.807, 2.05) is 67.8 Å². The van der Waals surface area contributed by atoms with Crippen molar-refractivity contribution in [2.75, 3.05) is 0 Å². The predicted molar refractivity (Wildman–Crippen MR) is 93.0 cm³/mol. The highest BCUT2D eigenvalue weighted by molar-refractivity contribution is 14.1. The van der Waals surface area contributed by atoms with Crippen LogP contribution in [0.2, 0.25) is 0 Å². The van der Waals surface area contributed by atoms with Crippen LogP contribution in [-0.2, 0) is 0 Å². The summed E-state index contributed by atoms with van der Waals surface area (Å²) in [6, 6.07) is 1.37. The lowest BCUT2D eigenvalue weighted by Gasteiger charge is -2.08. The lowest BCUT2D eigenvalue weighted by Crippen LogP contribution is -2.12. The zero-order valence-corrected chi connectivity index (χ0v) is 15.8. The molecule has 4 nitrogen and oxygen atoms in total. The van der Waals surface area contributed by atoms with Gasteiger partial charge in [0.05, 0.1) is 11.1 Å². The van der Waals surface area contributed by atoms with E-state index in [2.05, 4.69) is 0 Å². The van der Waals surface area contributed by atoms with Crippen molar-refractivity contribution in [3.63, 3.8) is 0 Å². The van der Waals surface area contributed by atoms with E-state index in [1.54, 1.807) is 0 Å². The highest BCUT2D eigenvalue weighted by Crippen LogP contribution is 2.27. The Labute approximate surface area is 150 Å². The Kier molecular flexibility index (Phi) is 9.73. The van der Waals surface area contributed by atoms with Crippen molar-refractivity contribution in [1.82, 2.24) is 0 Å². The third-order valence-corrected chi connectivity index (χ3v) is 6.72. The average Bonchev–Trinajstić information content (AvgIpc) is 2.12. The van der Waals surface area contributed by atoms with E-state index < -0.39 is 11.9 Å². The molecule has 1 aromatic rings. The number of rotatable bonds is 2. The minimum Gasteiger partial charge on any atom is -0.478 e. The van der Waals surface area contributed by atoms with Crippen LogP contribution in [0.4, 0.5) is 0 Å². The molecule has 0 bridgehead atoms. The van der Waals surface area contributed by atoms with Gasteiger partial charge in [-0.3, -0.25) is 0 Å². The van der Waals surface area contributed by atoms with Gasteiger partial charge in [0, 0.05) is 10.7 Å². The van der Waals surface area contributed by atoms with Crippen molar-refractivity contribution in [2.45, 2.75) is 0 Å². The Hall–Kier alpha value is 0.930. The van der Waals surface area contributed by atoms with Gasteiger partial charge in [-0.05, 0) is 73.8 Å². The number of carbonyl (C=O) groups is 2. The van der Waals surface area contributed by atoms with E-state index in [4.69, 9.17) is 10.2 Å². The molecule has 0 atom stereocenters. The van der Waals surface area contributed by atoms with Crippen molar-refractivity contribution < 1.29 is 19.8 Å². The van der Waals surface area contributed by atoms with Crippen LogP contribution in [0, 0.1) is 10.7 Å². The van der Waals surface area contributed by atoms with Gasteiger partial charge in [-0.15, -0.1) is 24.8 Å². The van der Waals surface area contributed by atoms with E-state index in [0.29, 0.717) is 3.57 Å². The summed E-state index contributed by atoms with van der Waals surface area (Å²) in [5.74, 6) is -2.44. The lowest BCUT2D eigenvalue weighted by molar-refractivity contribution is 0.0650. The number of hydrogen-bond acceptors (Lipinski definition) is 2. The molecule has 17 heavy (non-hydrogen) atoms. The first-order valence-corrected chi connectivity index (χ1v) is 6.74. The molecule has 0 aliphatic heterocycles. The predicted octanol–water partition coefficient (Wildman–Crippen LogP) is 3.74. The second-order valence-corrected chi connectivity index (χ2v) is 5.84. The molecule has 1 aromatic carbocycles. The van der Waals surface area contributed by atoms with Crippen LogP contribution >= 0.6 is 92.6 Å². The van der Waals surface area contributed by atoms with Crippen LogP contribution < -0.4 is 0 Å². The monoisotopic (exact) mass is 616 g/mol. The normalized spacial score (nSPS) is 8.88. The second kappa shape index (κ2) is 8.17. The van der Waals surface area contributed by atoms with E-state index in [1.165, 1.54) is 6.07 Å². The van der Waals surface area contributed by atoms with Gasteiger partial charge in [-0.2, -0.15) is 0 Å². The lowest BCUT2D eigenvalue weighted by atomic mass is 10.1. The van der Waals surface area contributed by atoms with Gasteiger partial charge in [-0.25, -0.2) is 9.59 Å². The minimum atomic E-state index is -1.22. The Morgan fingerprint density at radius 2 is 1.41 bits per heavy atom. The van der Waals surface area contributed by atoms with E-state index in [9.17, 15) is 9.59 Å². The fourth-order valence-corrected chi connectivity index (χ4v) is 3.31. The summed E-state index contributed by atoms with van der Waals surface area (Å²) >= 11 is 5.83. The van der Waals surface area contributed by atoms with Crippen LogP contribution in [0.3, 0.4) is 0 Å². The topological polar surface area (TPSA) is 74.6 Å². The SMILES string of the molecule is Cl.Cl.O=C(O)c1cc(I)c(I)c(I)c1C(=O)O. The summed E-state index contributed by atoms with van der Waals surface area (Å²) in [5, 5.41) is 17.8. The maximum Gasteiger partial charge on any atom is 0.337 e. The Bertz CT molecular complexity index is 465.